The number of carbonyl (C=O) groups excluding carboxylic acids is 2. The number of anilines is 1. The van der Waals surface area contributed by atoms with Gasteiger partial charge in [-0.1, -0.05) is 31.5 Å². The summed E-state index contributed by atoms with van der Waals surface area (Å²) in [5.41, 5.74) is 2.45. The predicted octanol–water partition coefficient (Wildman–Crippen LogP) is 5.16. The maximum absolute atomic E-state index is 13.4. The molecule has 0 saturated heterocycles. The molecule has 2 unspecified atom stereocenters. The molecule has 8 nitrogen and oxygen atoms in total. The van der Waals surface area contributed by atoms with E-state index in [1.807, 2.05) is 31.2 Å². The van der Waals surface area contributed by atoms with Crippen LogP contribution in [0.25, 0.3) is 0 Å². The quantitative estimate of drug-likeness (QED) is 0.376. The number of methoxy groups -OCH3 is 2. The molecule has 2 atom stereocenters. The van der Waals surface area contributed by atoms with Gasteiger partial charge in [0.1, 0.15) is 34.7 Å². The normalized spacial score (nSPS) is 15.1. The number of ether oxygens (including phenoxy) is 3. The summed E-state index contributed by atoms with van der Waals surface area (Å²) in [6, 6.07) is 15.8. The van der Waals surface area contributed by atoms with E-state index in [1.165, 1.54) is 18.4 Å². The number of nitrogens with zero attached hydrogens (tertiary/aromatic N) is 1. The number of esters is 1. The monoisotopic (exact) mass is 519 g/mol. The highest BCUT2D eigenvalue weighted by Gasteiger charge is 2.34. The Balaban J connectivity index is 1.57. The van der Waals surface area contributed by atoms with Crippen LogP contribution in [0.1, 0.15) is 63.8 Å². The minimum atomic E-state index is -0.721. The molecule has 37 heavy (non-hydrogen) atoms. The molecule has 3 aromatic rings. The number of nitriles is 1. The van der Waals surface area contributed by atoms with Gasteiger partial charge in [-0.15, -0.1) is 11.3 Å². The van der Waals surface area contributed by atoms with Crippen LogP contribution in [0.4, 0.5) is 5.00 Å². The summed E-state index contributed by atoms with van der Waals surface area (Å²) in [5, 5.41) is 16.4. The third-order valence-electron chi connectivity index (χ3n) is 6.23. The molecule has 0 bridgehead atoms. The molecule has 0 fully saturated rings. The Hall–Kier alpha value is -3.87. The van der Waals surface area contributed by atoms with Gasteiger partial charge in [0.2, 0.25) is 0 Å². The summed E-state index contributed by atoms with van der Waals surface area (Å²) >= 11 is 1.23. The van der Waals surface area contributed by atoms with Gasteiger partial charge in [-0.05, 0) is 54.3 Å². The molecule has 0 saturated carbocycles. The van der Waals surface area contributed by atoms with Gasteiger partial charge in [-0.25, -0.2) is 4.79 Å². The van der Waals surface area contributed by atoms with Crippen LogP contribution in [-0.4, -0.2) is 32.6 Å². The van der Waals surface area contributed by atoms with Gasteiger partial charge in [0.15, 0.2) is 0 Å². The lowest BCUT2D eigenvalue weighted by Gasteiger charge is -2.25. The van der Waals surface area contributed by atoms with E-state index in [9.17, 15) is 14.9 Å². The molecule has 9 heteroatoms. The van der Waals surface area contributed by atoms with Gasteiger partial charge in [0.25, 0.3) is 5.91 Å². The average Bonchev–Trinajstić information content (AvgIpc) is 3.29. The summed E-state index contributed by atoms with van der Waals surface area (Å²) in [6.45, 7) is 2.56. The molecule has 1 aliphatic heterocycles. The summed E-state index contributed by atoms with van der Waals surface area (Å²) in [4.78, 5) is 27.0. The maximum atomic E-state index is 13.4. The van der Waals surface area contributed by atoms with Crippen LogP contribution >= 0.6 is 11.3 Å². The molecule has 0 radical (unpaired) electrons. The minimum absolute atomic E-state index is 0.358. The Bertz CT molecular complexity index is 1310. The highest BCUT2D eigenvalue weighted by Crippen LogP contribution is 2.40. The van der Waals surface area contributed by atoms with Crippen molar-refractivity contribution < 1.29 is 23.8 Å². The second kappa shape index (κ2) is 11.9. The fraction of sp³-hybridized carbons (Fsp3) is 0.321. The van der Waals surface area contributed by atoms with Crippen molar-refractivity contribution in [1.29, 1.82) is 5.26 Å². The van der Waals surface area contributed by atoms with E-state index in [0.29, 0.717) is 46.1 Å². The Morgan fingerprint density at radius 3 is 2.59 bits per heavy atom. The summed E-state index contributed by atoms with van der Waals surface area (Å²) < 4.78 is 16.4. The number of benzene rings is 2. The lowest BCUT2D eigenvalue weighted by molar-refractivity contribution is -0.152. The van der Waals surface area contributed by atoms with Crippen LogP contribution < -0.4 is 20.1 Å². The predicted molar refractivity (Wildman–Crippen MR) is 141 cm³/mol. The molecule has 192 valence electrons. The van der Waals surface area contributed by atoms with Crippen LogP contribution in [0, 0.1) is 11.3 Å². The highest BCUT2D eigenvalue weighted by atomic mass is 32.1. The Morgan fingerprint density at radius 2 is 1.92 bits per heavy atom. The molecular weight excluding hydrogens is 490 g/mol. The van der Waals surface area contributed by atoms with Gasteiger partial charge in [0.05, 0.1) is 19.8 Å². The van der Waals surface area contributed by atoms with Gasteiger partial charge in [-0.3, -0.25) is 10.1 Å². The molecule has 1 aliphatic rings. The minimum Gasteiger partial charge on any atom is -0.497 e. The van der Waals surface area contributed by atoms with Crippen molar-refractivity contribution in [2.75, 3.05) is 26.1 Å². The van der Waals surface area contributed by atoms with Crippen LogP contribution in [0.5, 0.6) is 11.5 Å². The molecule has 1 amide bonds. The van der Waals surface area contributed by atoms with Crippen LogP contribution in [-0.2, 0) is 16.0 Å². The number of amides is 1. The molecule has 2 aromatic carbocycles. The largest absolute Gasteiger partial charge is 0.497 e. The van der Waals surface area contributed by atoms with Crippen molar-refractivity contribution in [3.8, 4) is 17.6 Å². The van der Waals surface area contributed by atoms with E-state index >= 15 is 0 Å². The van der Waals surface area contributed by atoms with Crippen molar-refractivity contribution >= 4 is 28.2 Å². The summed E-state index contributed by atoms with van der Waals surface area (Å²) in [5.74, 6) is 0.523. The number of fused-ring (bicyclic) bond motifs is 1. The maximum Gasteiger partial charge on any atom is 0.329 e. The molecular formula is C28H29N3O5S. The lowest BCUT2D eigenvalue weighted by atomic mass is 9.99. The fourth-order valence-corrected chi connectivity index (χ4v) is 5.58. The summed E-state index contributed by atoms with van der Waals surface area (Å²) in [6.07, 6.45) is 1.68. The lowest BCUT2D eigenvalue weighted by Crippen LogP contribution is -2.36. The first-order valence-electron chi connectivity index (χ1n) is 12.1. The van der Waals surface area contributed by atoms with Crippen LogP contribution in [0.15, 0.2) is 48.5 Å². The first kappa shape index (κ1) is 26.2. The average molecular weight is 520 g/mol. The zero-order valence-corrected chi connectivity index (χ0v) is 21.8. The van der Waals surface area contributed by atoms with Crippen LogP contribution in [0.2, 0.25) is 0 Å². The molecule has 0 aliphatic carbocycles. The second-order valence-electron chi connectivity index (χ2n) is 8.57. The first-order valence-corrected chi connectivity index (χ1v) is 12.9. The second-order valence-corrected chi connectivity index (χ2v) is 9.62. The number of nitrogens with one attached hydrogen (secondary N) is 2. The number of hydrogen-bond acceptors (Lipinski definition) is 8. The third kappa shape index (κ3) is 5.77. The topological polar surface area (TPSA) is 110 Å². The van der Waals surface area contributed by atoms with E-state index in [4.69, 9.17) is 14.2 Å². The Morgan fingerprint density at radius 1 is 1.16 bits per heavy atom. The first-order chi connectivity index (χ1) is 18.0. The molecule has 4 rings (SSSR count). The van der Waals surface area contributed by atoms with Gasteiger partial charge in [0, 0.05) is 17.0 Å². The highest BCUT2D eigenvalue weighted by molar-refractivity contribution is 7.17. The number of hydrogen-bond donors (Lipinski definition) is 2. The molecule has 0 spiro atoms. The molecule has 1 aromatic heterocycles. The van der Waals surface area contributed by atoms with Crippen molar-refractivity contribution in [1.82, 2.24) is 5.32 Å². The van der Waals surface area contributed by atoms with Gasteiger partial charge >= 0.3 is 5.97 Å². The fourth-order valence-electron chi connectivity index (χ4n) is 4.32. The van der Waals surface area contributed by atoms with Crippen LogP contribution in [0.3, 0.4) is 0 Å². The zero-order valence-electron chi connectivity index (χ0n) is 21.0. The Kier molecular flexibility index (Phi) is 8.43. The van der Waals surface area contributed by atoms with E-state index in [-0.39, 0.29) is 5.91 Å². The van der Waals surface area contributed by atoms with Crippen molar-refractivity contribution in [3.63, 3.8) is 0 Å². The number of rotatable bonds is 9. The van der Waals surface area contributed by atoms with Crippen molar-refractivity contribution in [3.05, 3.63) is 75.7 Å². The Labute approximate surface area is 220 Å². The van der Waals surface area contributed by atoms with E-state index in [2.05, 4.69) is 16.7 Å². The SMILES string of the molecule is CCCC(OC(=O)C1NCCc2c1sc(NC(=O)c1cccc(OC)c1)c2C#N)c1ccc(OC)cc1. The molecule has 2 N–H and O–H groups in total. The smallest absolute Gasteiger partial charge is 0.329 e. The number of thiophene rings is 1. The van der Waals surface area contributed by atoms with Gasteiger partial charge < -0.3 is 19.5 Å². The van der Waals surface area contributed by atoms with E-state index < -0.39 is 18.1 Å². The van der Waals surface area contributed by atoms with Crippen molar-refractivity contribution in [2.45, 2.75) is 38.3 Å². The van der Waals surface area contributed by atoms with E-state index in [0.717, 1.165) is 23.3 Å². The summed E-state index contributed by atoms with van der Waals surface area (Å²) in [7, 11) is 3.14. The number of carbonyl (C=O) groups is 2. The van der Waals surface area contributed by atoms with Gasteiger partial charge in [-0.2, -0.15) is 5.26 Å². The third-order valence-corrected chi connectivity index (χ3v) is 7.44. The molecule has 2 heterocycles. The zero-order chi connectivity index (χ0) is 26.4. The standard InChI is InChI=1S/C28H29N3O5S/c1-4-6-23(17-9-11-19(34-2)12-10-17)36-28(33)24-25-21(13-14-30-24)22(16-29)27(37-25)31-26(32)18-7-5-8-20(15-18)35-3/h5,7-12,15,23-24,30H,4,6,13-14H2,1-3H3,(H,31,32). The van der Waals surface area contributed by atoms with E-state index in [1.54, 1.807) is 31.4 Å². The van der Waals surface area contributed by atoms with Crippen molar-refractivity contribution in [2.24, 2.45) is 0 Å².